The average molecular weight is 407 g/mol. The summed E-state index contributed by atoms with van der Waals surface area (Å²) in [7, 11) is 3.22. The maximum atomic E-state index is 12.8. The number of fused-ring (bicyclic) bond motifs is 1. The molecule has 30 heavy (non-hydrogen) atoms. The normalized spacial score (nSPS) is 16.3. The molecule has 0 saturated carbocycles. The highest BCUT2D eigenvalue weighted by Crippen LogP contribution is 2.25. The Balaban J connectivity index is 1.41. The van der Waals surface area contributed by atoms with E-state index < -0.39 is 0 Å². The Morgan fingerprint density at radius 2 is 1.87 bits per heavy atom. The summed E-state index contributed by atoms with van der Waals surface area (Å²) in [5.74, 6) is 1.38. The number of hydrogen-bond donors (Lipinski definition) is 1. The van der Waals surface area contributed by atoms with Crippen LogP contribution in [0.4, 0.5) is 5.69 Å². The SMILES string of the molecule is COc1cc(CNC(=O)[C@@H]2CCCN(c3cnc4nccnc4c3)C2)cc(OC)c1. The Kier molecular flexibility index (Phi) is 5.92. The van der Waals surface area contributed by atoms with Crippen molar-refractivity contribution in [1.82, 2.24) is 20.3 Å². The van der Waals surface area contributed by atoms with Crippen LogP contribution in [0.1, 0.15) is 18.4 Å². The summed E-state index contributed by atoms with van der Waals surface area (Å²) in [6.45, 7) is 1.97. The van der Waals surface area contributed by atoms with E-state index in [4.69, 9.17) is 9.47 Å². The lowest BCUT2D eigenvalue weighted by atomic mass is 9.96. The minimum atomic E-state index is -0.0798. The lowest BCUT2D eigenvalue weighted by Gasteiger charge is -2.33. The number of carbonyl (C=O) groups excluding carboxylic acids is 1. The molecule has 1 aliphatic rings. The first-order valence-electron chi connectivity index (χ1n) is 9.97. The van der Waals surface area contributed by atoms with E-state index in [1.54, 1.807) is 32.8 Å². The molecule has 0 spiro atoms. The largest absolute Gasteiger partial charge is 0.497 e. The maximum Gasteiger partial charge on any atom is 0.225 e. The fourth-order valence-electron chi connectivity index (χ4n) is 3.75. The van der Waals surface area contributed by atoms with E-state index in [1.165, 1.54) is 0 Å². The van der Waals surface area contributed by atoms with E-state index in [2.05, 4.69) is 25.2 Å². The highest BCUT2D eigenvalue weighted by Gasteiger charge is 2.26. The first kappa shape index (κ1) is 19.9. The van der Waals surface area contributed by atoms with Crippen molar-refractivity contribution in [2.24, 2.45) is 5.92 Å². The second-order valence-corrected chi connectivity index (χ2v) is 7.32. The molecule has 0 radical (unpaired) electrons. The molecule has 1 aromatic carbocycles. The van der Waals surface area contributed by atoms with Crippen molar-refractivity contribution in [1.29, 1.82) is 0 Å². The minimum Gasteiger partial charge on any atom is -0.497 e. The Bertz CT molecular complexity index is 1020. The maximum absolute atomic E-state index is 12.8. The topological polar surface area (TPSA) is 89.5 Å². The second-order valence-electron chi connectivity index (χ2n) is 7.32. The van der Waals surface area contributed by atoms with Gasteiger partial charge < -0.3 is 19.7 Å². The van der Waals surface area contributed by atoms with Crippen molar-refractivity contribution in [3.8, 4) is 11.5 Å². The van der Waals surface area contributed by atoms with Gasteiger partial charge in [0.1, 0.15) is 17.0 Å². The smallest absolute Gasteiger partial charge is 0.225 e. The van der Waals surface area contributed by atoms with Gasteiger partial charge in [0.25, 0.3) is 0 Å². The molecule has 1 N–H and O–H groups in total. The number of anilines is 1. The zero-order valence-electron chi connectivity index (χ0n) is 17.2. The van der Waals surface area contributed by atoms with Crippen LogP contribution < -0.4 is 19.7 Å². The fraction of sp³-hybridized carbons (Fsp3) is 0.364. The van der Waals surface area contributed by atoms with Crippen LogP contribution in [0.5, 0.6) is 11.5 Å². The first-order valence-corrected chi connectivity index (χ1v) is 9.97. The molecule has 1 amide bonds. The molecule has 1 fully saturated rings. The van der Waals surface area contributed by atoms with Crippen LogP contribution in [0, 0.1) is 5.92 Å². The number of pyridine rings is 1. The van der Waals surface area contributed by atoms with Crippen molar-refractivity contribution in [2.75, 3.05) is 32.2 Å². The zero-order chi connectivity index (χ0) is 20.9. The number of nitrogens with zero attached hydrogens (tertiary/aromatic N) is 4. The Morgan fingerprint density at radius 1 is 1.10 bits per heavy atom. The van der Waals surface area contributed by atoms with Gasteiger partial charge in [0, 0.05) is 38.1 Å². The van der Waals surface area contributed by atoms with Gasteiger partial charge in [-0.05, 0) is 36.6 Å². The van der Waals surface area contributed by atoms with Gasteiger partial charge in [-0.3, -0.25) is 9.78 Å². The van der Waals surface area contributed by atoms with Crippen LogP contribution in [0.25, 0.3) is 11.2 Å². The fourth-order valence-corrected chi connectivity index (χ4v) is 3.75. The molecule has 0 aliphatic carbocycles. The van der Waals surface area contributed by atoms with E-state index in [0.29, 0.717) is 30.2 Å². The summed E-state index contributed by atoms with van der Waals surface area (Å²) in [5.41, 5.74) is 3.29. The summed E-state index contributed by atoms with van der Waals surface area (Å²) in [4.78, 5) is 28.0. The van der Waals surface area contributed by atoms with Gasteiger partial charge in [0.05, 0.1) is 32.0 Å². The summed E-state index contributed by atoms with van der Waals surface area (Å²) >= 11 is 0. The Labute approximate surface area is 175 Å². The quantitative estimate of drug-likeness (QED) is 0.672. The number of aromatic nitrogens is 3. The van der Waals surface area contributed by atoms with E-state index >= 15 is 0 Å². The summed E-state index contributed by atoms with van der Waals surface area (Å²) in [6, 6.07) is 7.60. The lowest BCUT2D eigenvalue weighted by Crippen LogP contribution is -2.43. The molecule has 3 aromatic rings. The molecule has 1 saturated heterocycles. The third-order valence-electron chi connectivity index (χ3n) is 5.35. The summed E-state index contributed by atoms with van der Waals surface area (Å²) in [6.07, 6.45) is 6.91. The third kappa shape index (κ3) is 4.42. The number of rotatable bonds is 6. The van der Waals surface area contributed by atoms with Crippen molar-refractivity contribution in [3.05, 3.63) is 48.4 Å². The summed E-state index contributed by atoms with van der Waals surface area (Å²) < 4.78 is 10.6. The lowest BCUT2D eigenvalue weighted by molar-refractivity contribution is -0.125. The molecule has 156 valence electrons. The van der Waals surface area contributed by atoms with Gasteiger partial charge in [-0.2, -0.15) is 0 Å². The average Bonchev–Trinajstić information content (AvgIpc) is 2.82. The molecule has 0 bridgehead atoms. The van der Waals surface area contributed by atoms with Crippen LogP contribution >= 0.6 is 0 Å². The van der Waals surface area contributed by atoms with Crippen LogP contribution in [-0.4, -0.2) is 48.2 Å². The van der Waals surface area contributed by atoms with Crippen molar-refractivity contribution < 1.29 is 14.3 Å². The number of nitrogens with one attached hydrogen (secondary N) is 1. The van der Waals surface area contributed by atoms with E-state index in [9.17, 15) is 4.79 Å². The predicted octanol–water partition coefficient (Wildman–Crippen LogP) is 2.57. The van der Waals surface area contributed by atoms with Crippen LogP contribution in [0.2, 0.25) is 0 Å². The molecule has 1 atom stereocenters. The number of amides is 1. The third-order valence-corrected chi connectivity index (χ3v) is 5.35. The Morgan fingerprint density at radius 3 is 2.63 bits per heavy atom. The van der Waals surface area contributed by atoms with E-state index in [1.807, 2.05) is 24.3 Å². The molecule has 3 heterocycles. The molecular weight excluding hydrogens is 382 g/mol. The Hall–Kier alpha value is -3.42. The van der Waals surface area contributed by atoms with Crippen molar-refractivity contribution in [2.45, 2.75) is 19.4 Å². The highest BCUT2D eigenvalue weighted by molar-refractivity contribution is 5.80. The van der Waals surface area contributed by atoms with Gasteiger partial charge in [0.2, 0.25) is 5.91 Å². The molecule has 2 aromatic heterocycles. The number of benzene rings is 1. The first-order chi connectivity index (χ1) is 14.7. The summed E-state index contributed by atoms with van der Waals surface area (Å²) in [5, 5.41) is 3.06. The molecule has 8 heteroatoms. The van der Waals surface area contributed by atoms with Crippen molar-refractivity contribution >= 4 is 22.8 Å². The monoisotopic (exact) mass is 407 g/mol. The minimum absolute atomic E-state index is 0.0510. The standard InChI is InChI=1S/C22H25N5O3/c1-29-18-8-15(9-19(11-18)30-2)12-26-22(28)16-4-3-7-27(14-16)17-10-20-21(25-13-17)24-6-5-23-20/h5-6,8-11,13,16H,3-4,7,12,14H2,1-2H3,(H,26,28)/t16-/m1/s1. The molecule has 1 aliphatic heterocycles. The van der Waals surface area contributed by atoms with Gasteiger partial charge in [0.15, 0.2) is 5.65 Å². The second kappa shape index (κ2) is 8.94. The van der Waals surface area contributed by atoms with Gasteiger partial charge in [-0.15, -0.1) is 0 Å². The number of methoxy groups -OCH3 is 2. The molecule has 4 rings (SSSR count). The van der Waals surface area contributed by atoms with Crippen molar-refractivity contribution in [3.63, 3.8) is 0 Å². The number of carbonyl (C=O) groups is 1. The van der Waals surface area contributed by atoms with Crippen LogP contribution in [-0.2, 0) is 11.3 Å². The van der Waals surface area contributed by atoms with E-state index in [0.717, 1.165) is 36.2 Å². The van der Waals surface area contributed by atoms with Gasteiger partial charge in [-0.25, -0.2) is 9.97 Å². The molecule has 0 unspecified atom stereocenters. The number of piperidine rings is 1. The molecular formula is C22H25N5O3. The highest BCUT2D eigenvalue weighted by atomic mass is 16.5. The van der Waals surface area contributed by atoms with Crippen LogP contribution in [0.3, 0.4) is 0 Å². The number of hydrogen-bond acceptors (Lipinski definition) is 7. The zero-order valence-corrected chi connectivity index (χ0v) is 17.2. The number of ether oxygens (including phenoxy) is 2. The van der Waals surface area contributed by atoms with Gasteiger partial charge >= 0.3 is 0 Å². The molecule has 8 nitrogen and oxygen atoms in total. The van der Waals surface area contributed by atoms with E-state index in [-0.39, 0.29) is 11.8 Å². The van der Waals surface area contributed by atoms with Crippen LogP contribution in [0.15, 0.2) is 42.9 Å². The van der Waals surface area contributed by atoms with Gasteiger partial charge in [-0.1, -0.05) is 0 Å². The predicted molar refractivity (Wildman–Crippen MR) is 114 cm³/mol.